The summed E-state index contributed by atoms with van der Waals surface area (Å²) in [6.07, 6.45) is 12.3. The van der Waals surface area contributed by atoms with Crippen LogP contribution in [-0.2, 0) is 4.79 Å². The molecular weight excluding hydrogens is 270 g/mol. The molecule has 2 nitrogen and oxygen atoms in total. The fourth-order valence-electron chi connectivity index (χ4n) is 2.49. The Bertz CT molecular complexity index is 231. The molecule has 0 fully saturated rings. The zero-order valence-corrected chi connectivity index (χ0v) is 14.6. The molecule has 0 N–H and O–H groups in total. The number of hydrogen-bond acceptors (Lipinski definition) is 1. The van der Waals surface area contributed by atoms with Gasteiger partial charge < -0.3 is 4.90 Å². The van der Waals surface area contributed by atoms with Gasteiger partial charge in [0, 0.05) is 24.9 Å². The number of halogens is 1. The molecule has 0 unspecified atom stereocenters. The molecule has 0 bridgehead atoms. The van der Waals surface area contributed by atoms with Crippen molar-refractivity contribution in [2.75, 3.05) is 12.4 Å². The standard InChI is InChI=1S/C17H34ClNO/c1-4-5-6-7-8-9-10-11-12-13-17(20)19(15-14-18)16(2)3/h16H,4-15H2,1-3H3. The van der Waals surface area contributed by atoms with Crippen LogP contribution in [0.15, 0.2) is 0 Å². The van der Waals surface area contributed by atoms with Crippen LogP contribution >= 0.6 is 11.6 Å². The van der Waals surface area contributed by atoms with Crippen LogP contribution in [0.2, 0.25) is 0 Å². The van der Waals surface area contributed by atoms with Crippen molar-refractivity contribution in [3.63, 3.8) is 0 Å². The molecule has 1 amide bonds. The minimum absolute atomic E-state index is 0.264. The van der Waals surface area contributed by atoms with E-state index < -0.39 is 0 Å². The smallest absolute Gasteiger partial charge is 0.222 e. The molecule has 0 aliphatic rings. The first-order valence-electron chi connectivity index (χ1n) is 8.48. The first kappa shape index (κ1) is 19.8. The Morgan fingerprint density at radius 1 is 0.950 bits per heavy atom. The molecule has 20 heavy (non-hydrogen) atoms. The number of carbonyl (C=O) groups is 1. The second-order valence-electron chi connectivity index (χ2n) is 5.95. The van der Waals surface area contributed by atoms with Gasteiger partial charge in [0.25, 0.3) is 0 Å². The predicted molar refractivity (Wildman–Crippen MR) is 89.4 cm³/mol. The zero-order chi connectivity index (χ0) is 15.2. The summed E-state index contributed by atoms with van der Waals surface area (Å²) in [7, 11) is 0. The van der Waals surface area contributed by atoms with Crippen LogP contribution < -0.4 is 0 Å². The van der Waals surface area contributed by atoms with E-state index in [1.165, 1.54) is 51.4 Å². The SMILES string of the molecule is CCCCCCCCCCCC(=O)N(CCCl)C(C)C. The van der Waals surface area contributed by atoms with E-state index in [0.717, 1.165) is 6.42 Å². The summed E-state index contributed by atoms with van der Waals surface area (Å²) in [4.78, 5) is 13.9. The van der Waals surface area contributed by atoms with Gasteiger partial charge in [-0.2, -0.15) is 0 Å². The van der Waals surface area contributed by atoms with E-state index in [0.29, 0.717) is 18.8 Å². The van der Waals surface area contributed by atoms with Crippen molar-refractivity contribution in [1.29, 1.82) is 0 Å². The van der Waals surface area contributed by atoms with Crippen LogP contribution in [0.5, 0.6) is 0 Å². The summed E-state index contributed by atoms with van der Waals surface area (Å²) >= 11 is 5.75. The Kier molecular flexibility index (Phi) is 13.6. The molecule has 120 valence electrons. The maximum Gasteiger partial charge on any atom is 0.222 e. The molecule has 0 saturated carbocycles. The van der Waals surface area contributed by atoms with Gasteiger partial charge in [-0.05, 0) is 20.3 Å². The first-order chi connectivity index (χ1) is 9.63. The molecule has 0 aliphatic heterocycles. The van der Waals surface area contributed by atoms with Crippen molar-refractivity contribution in [1.82, 2.24) is 4.90 Å². The van der Waals surface area contributed by atoms with Gasteiger partial charge in [0.15, 0.2) is 0 Å². The van der Waals surface area contributed by atoms with E-state index in [4.69, 9.17) is 11.6 Å². The Morgan fingerprint density at radius 3 is 1.90 bits per heavy atom. The monoisotopic (exact) mass is 303 g/mol. The van der Waals surface area contributed by atoms with Crippen molar-refractivity contribution in [2.45, 2.75) is 91.0 Å². The van der Waals surface area contributed by atoms with Gasteiger partial charge in [0.1, 0.15) is 0 Å². The third-order valence-corrected chi connectivity index (χ3v) is 3.93. The molecule has 0 aromatic rings. The molecular formula is C17H34ClNO. The Hall–Kier alpha value is -0.240. The molecule has 0 spiro atoms. The van der Waals surface area contributed by atoms with E-state index >= 15 is 0 Å². The van der Waals surface area contributed by atoms with Gasteiger partial charge in [-0.25, -0.2) is 0 Å². The Morgan fingerprint density at radius 2 is 1.45 bits per heavy atom. The summed E-state index contributed by atoms with van der Waals surface area (Å²) in [5.74, 6) is 0.797. The van der Waals surface area contributed by atoms with Crippen LogP contribution in [-0.4, -0.2) is 29.3 Å². The van der Waals surface area contributed by atoms with Crippen molar-refractivity contribution in [3.05, 3.63) is 0 Å². The minimum Gasteiger partial charge on any atom is -0.339 e. The van der Waals surface area contributed by atoms with Gasteiger partial charge in [0.05, 0.1) is 0 Å². The molecule has 0 atom stereocenters. The molecule has 0 aromatic heterocycles. The van der Waals surface area contributed by atoms with E-state index in [2.05, 4.69) is 20.8 Å². The number of amides is 1. The fraction of sp³-hybridized carbons (Fsp3) is 0.941. The second-order valence-corrected chi connectivity index (χ2v) is 6.33. The van der Waals surface area contributed by atoms with Gasteiger partial charge in [0.2, 0.25) is 5.91 Å². The van der Waals surface area contributed by atoms with Crippen LogP contribution in [0.4, 0.5) is 0 Å². The Balaban J connectivity index is 3.51. The van der Waals surface area contributed by atoms with Gasteiger partial charge in [-0.1, -0.05) is 58.3 Å². The van der Waals surface area contributed by atoms with Crippen molar-refractivity contribution in [3.8, 4) is 0 Å². The topological polar surface area (TPSA) is 20.3 Å². The quantitative estimate of drug-likeness (QED) is 0.330. The summed E-state index contributed by atoms with van der Waals surface area (Å²) < 4.78 is 0. The third kappa shape index (κ3) is 10.5. The minimum atomic E-state index is 0.264. The summed E-state index contributed by atoms with van der Waals surface area (Å²) in [5.41, 5.74) is 0. The van der Waals surface area contributed by atoms with Crippen LogP contribution in [0.1, 0.15) is 85.0 Å². The predicted octanol–water partition coefficient (Wildman–Crippen LogP) is 5.38. The lowest BCUT2D eigenvalue weighted by Gasteiger charge is -2.25. The number of unbranched alkanes of at least 4 members (excludes halogenated alkanes) is 8. The fourth-order valence-corrected chi connectivity index (χ4v) is 2.67. The number of alkyl halides is 1. The van der Waals surface area contributed by atoms with Gasteiger partial charge in [-0.15, -0.1) is 11.6 Å². The highest BCUT2D eigenvalue weighted by atomic mass is 35.5. The van der Waals surface area contributed by atoms with Crippen LogP contribution in [0.25, 0.3) is 0 Å². The van der Waals surface area contributed by atoms with E-state index in [1.54, 1.807) is 0 Å². The molecule has 0 aromatic carbocycles. The average molecular weight is 304 g/mol. The van der Waals surface area contributed by atoms with Gasteiger partial charge in [-0.3, -0.25) is 4.79 Å². The van der Waals surface area contributed by atoms with Crippen molar-refractivity contribution >= 4 is 17.5 Å². The summed E-state index contributed by atoms with van der Waals surface area (Å²) in [6.45, 7) is 7.04. The zero-order valence-electron chi connectivity index (χ0n) is 13.8. The second kappa shape index (κ2) is 13.7. The molecule has 0 rings (SSSR count). The highest BCUT2D eigenvalue weighted by Crippen LogP contribution is 2.12. The van der Waals surface area contributed by atoms with E-state index in [1.807, 2.05) is 4.90 Å². The highest BCUT2D eigenvalue weighted by molar-refractivity contribution is 6.18. The van der Waals surface area contributed by atoms with Gasteiger partial charge >= 0.3 is 0 Å². The number of hydrogen-bond donors (Lipinski definition) is 0. The highest BCUT2D eigenvalue weighted by Gasteiger charge is 2.15. The number of carbonyl (C=O) groups excluding carboxylic acids is 1. The molecule has 0 heterocycles. The first-order valence-corrected chi connectivity index (χ1v) is 9.02. The molecule has 0 saturated heterocycles. The number of nitrogens with zero attached hydrogens (tertiary/aromatic N) is 1. The molecule has 3 heteroatoms. The van der Waals surface area contributed by atoms with Crippen LogP contribution in [0, 0.1) is 0 Å². The largest absolute Gasteiger partial charge is 0.339 e. The summed E-state index contributed by atoms with van der Waals surface area (Å²) in [5, 5.41) is 0. The maximum atomic E-state index is 12.0. The number of rotatable bonds is 13. The van der Waals surface area contributed by atoms with E-state index in [-0.39, 0.29) is 11.9 Å². The lowest BCUT2D eigenvalue weighted by atomic mass is 10.1. The molecule has 0 aliphatic carbocycles. The maximum absolute atomic E-state index is 12.0. The van der Waals surface area contributed by atoms with Crippen LogP contribution in [0.3, 0.4) is 0 Å². The Labute approximate surface area is 131 Å². The van der Waals surface area contributed by atoms with Crippen molar-refractivity contribution < 1.29 is 4.79 Å². The lowest BCUT2D eigenvalue weighted by Crippen LogP contribution is -2.38. The summed E-state index contributed by atoms with van der Waals surface area (Å²) in [6, 6.07) is 0.264. The third-order valence-electron chi connectivity index (χ3n) is 3.76. The molecule has 0 radical (unpaired) electrons. The van der Waals surface area contributed by atoms with E-state index in [9.17, 15) is 4.79 Å². The normalized spacial score (nSPS) is 11.1. The van der Waals surface area contributed by atoms with Crippen molar-refractivity contribution in [2.24, 2.45) is 0 Å². The average Bonchev–Trinajstić information content (AvgIpc) is 2.42. The lowest BCUT2D eigenvalue weighted by molar-refractivity contribution is -0.132.